The number of rotatable bonds is 3. The van der Waals surface area contributed by atoms with Crippen LogP contribution < -0.4 is 0 Å². The topological polar surface area (TPSA) is 16.1 Å². The molecule has 0 radical (unpaired) electrons. The minimum Gasteiger partial charge on any atom is -0.299 e. The molecule has 3 rings (SSSR count). The van der Waals surface area contributed by atoms with Gasteiger partial charge in [-0.15, -0.1) is 0 Å². The molecular formula is C16H16ClFN2. The standard InChI is InChI=1S/C16H16ClFN2/c17-15-9-13(18)4-5-14(15)16-6-3-12(10-19-16)11-20-7-1-2-8-20/h3-6,9-10H,1-2,7-8,11H2. The van der Waals surface area contributed by atoms with E-state index >= 15 is 0 Å². The molecule has 2 heterocycles. The second-order valence-electron chi connectivity index (χ2n) is 5.16. The summed E-state index contributed by atoms with van der Waals surface area (Å²) in [5.74, 6) is -0.329. The Kier molecular flexibility index (Phi) is 3.99. The normalized spacial score (nSPS) is 15.7. The van der Waals surface area contributed by atoms with Crippen LogP contribution in [0.15, 0.2) is 36.5 Å². The Morgan fingerprint density at radius 3 is 2.60 bits per heavy atom. The summed E-state index contributed by atoms with van der Waals surface area (Å²) in [5, 5.41) is 0.393. The van der Waals surface area contributed by atoms with Crippen molar-refractivity contribution in [2.75, 3.05) is 13.1 Å². The van der Waals surface area contributed by atoms with E-state index in [2.05, 4.69) is 16.0 Å². The molecule has 20 heavy (non-hydrogen) atoms. The molecule has 4 heteroatoms. The molecule has 2 aromatic rings. The van der Waals surface area contributed by atoms with Gasteiger partial charge in [-0.05, 0) is 55.8 Å². The summed E-state index contributed by atoms with van der Waals surface area (Å²) < 4.78 is 13.0. The van der Waals surface area contributed by atoms with Crippen LogP contribution in [0.25, 0.3) is 11.3 Å². The number of hydrogen-bond acceptors (Lipinski definition) is 2. The summed E-state index contributed by atoms with van der Waals surface area (Å²) in [6.45, 7) is 3.29. The first-order valence-electron chi connectivity index (χ1n) is 6.85. The van der Waals surface area contributed by atoms with Crippen molar-refractivity contribution in [3.63, 3.8) is 0 Å². The third-order valence-corrected chi connectivity index (χ3v) is 3.95. The zero-order valence-corrected chi connectivity index (χ0v) is 11.9. The number of pyridine rings is 1. The third kappa shape index (κ3) is 3.00. The Balaban J connectivity index is 1.78. The largest absolute Gasteiger partial charge is 0.299 e. The third-order valence-electron chi connectivity index (χ3n) is 3.64. The average Bonchev–Trinajstić information content (AvgIpc) is 2.93. The smallest absolute Gasteiger partial charge is 0.124 e. The van der Waals surface area contributed by atoms with Gasteiger partial charge in [-0.3, -0.25) is 9.88 Å². The summed E-state index contributed by atoms with van der Waals surface area (Å²) in [7, 11) is 0. The molecule has 0 spiro atoms. The number of halogens is 2. The van der Waals surface area contributed by atoms with Crippen molar-refractivity contribution in [3.8, 4) is 11.3 Å². The molecule has 0 N–H and O–H groups in total. The molecule has 0 aliphatic carbocycles. The van der Waals surface area contributed by atoms with Crippen LogP contribution in [0.5, 0.6) is 0 Å². The summed E-state index contributed by atoms with van der Waals surface area (Å²) in [6, 6.07) is 8.41. The lowest BCUT2D eigenvalue weighted by molar-refractivity contribution is 0.331. The molecule has 0 saturated carbocycles. The number of nitrogens with zero attached hydrogens (tertiary/aromatic N) is 2. The second kappa shape index (κ2) is 5.90. The molecule has 1 aromatic heterocycles. The van der Waals surface area contributed by atoms with Crippen molar-refractivity contribution < 1.29 is 4.39 Å². The van der Waals surface area contributed by atoms with Gasteiger partial charge in [-0.25, -0.2) is 4.39 Å². The van der Waals surface area contributed by atoms with Gasteiger partial charge in [0.2, 0.25) is 0 Å². The minimum absolute atomic E-state index is 0.329. The van der Waals surface area contributed by atoms with E-state index in [-0.39, 0.29) is 5.82 Å². The highest BCUT2D eigenvalue weighted by atomic mass is 35.5. The molecule has 1 aliphatic heterocycles. The zero-order valence-electron chi connectivity index (χ0n) is 11.1. The monoisotopic (exact) mass is 290 g/mol. The first-order chi connectivity index (χ1) is 9.72. The van der Waals surface area contributed by atoms with Gasteiger partial charge in [0.1, 0.15) is 5.82 Å². The minimum atomic E-state index is -0.329. The molecule has 1 aliphatic rings. The van der Waals surface area contributed by atoms with Crippen LogP contribution in [0.1, 0.15) is 18.4 Å². The number of aromatic nitrogens is 1. The van der Waals surface area contributed by atoms with Crippen molar-refractivity contribution >= 4 is 11.6 Å². The SMILES string of the molecule is Fc1ccc(-c2ccc(CN3CCCC3)cn2)c(Cl)c1. The molecule has 104 valence electrons. The Bertz CT molecular complexity index is 592. The van der Waals surface area contributed by atoms with Crippen LogP contribution in [0.4, 0.5) is 4.39 Å². The van der Waals surface area contributed by atoms with E-state index in [1.807, 2.05) is 12.3 Å². The summed E-state index contributed by atoms with van der Waals surface area (Å²) in [5.41, 5.74) is 2.75. The lowest BCUT2D eigenvalue weighted by Gasteiger charge is -2.14. The van der Waals surface area contributed by atoms with E-state index in [0.717, 1.165) is 17.8 Å². The second-order valence-corrected chi connectivity index (χ2v) is 5.57. The first kappa shape index (κ1) is 13.5. The van der Waals surface area contributed by atoms with Crippen molar-refractivity contribution in [1.29, 1.82) is 0 Å². The van der Waals surface area contributed by atoms with Crippen molar-refractivity contribution in [1.82, 2.24) is 9.88 Å². The number of benzene rings is 1. The van der Waals surface area contributed by atoms with Gasteiger partial charge < -0.3 is 0 Å². The molecule has 0 amide bonds. The number of likely N-dealkylation sites (tertiary alicyclic amines) is 1. The van der Waals surface area contributed by atoms with E-state index in [1.165, 1.54) is 43.6 Å². The lowest BCUT2D eigenvalue weighted by Crippen LogP contribution is -2.18. The first-order valence-corrected chi connectivity index (χ1v) is 7.23. The highest BCUT2D eigenvalue weighted by molar-refractivity contribution is 6.33. The van der Waals surface area contributed by atoms with Crippen LogP contribution in [0, 0.1) is 5.82 Å². The highest BCUT2D eigenvalue weighted by Crippen LogP contribution is 2.27. The van der Waals surface area contributed by atoms with Crippen molar-refractivity contribution in [2.24, 2.45) is 0 Å². The maximum Gasteiger partial charge on any atom is 0.124 e. The maximum atomic E-state index is 13.0. The molecule has 2 nitrogen and oxygen atoms in total. The molecule has 0 unspecified atom stereocenters. The van der Waals surface area contributed by atoms with Gasteiger partial charge in [0.05, 0.1) is 10.7 Å². The quantitative estimate of drug-likeness (QED) is 0.845. The summed E-state index contributed by atoms with van der Waals surface area (Å²) in [4.78, 5) is 6.88. The predicted octanol–water partition coefficient (Wildman–Crippen LogP) is 4.14. The van der Waals surface area contributed by atoms with Crippen molar-refractivity contribution in [3.05, 3.63) is 52.9 Å². The van der Waals surface area contributed by atoms with Crippen LogP contribution in [-0.4, -0.2) is 23.0 Å². The molecule has 1 aromatic carbocycles. The number of hydrogen-bond donors (Lipinski definition) is 0. The summed E-state index contributed by atoms with van der Waals surface area (Å²) in [6.07, 6.45) is 4.46. The van der Waals surface area contributed by atoms with Gasteiger partial charge in [0.25, 0.3) is 0 Å². The Morgan fingerprint density at radius 1 is 1.15 bits per heavy atom. The van der Waals surface area contributed by atoms with E-state index < -0.39 is 0 Å². The van der Waals surface area contributed by atoms with Gasteiger partial charge in [-0.2, -0.15) is 0 Å². The molecule has 1 fully saturated rings. The Hall–Kier alpha value is -1.45. The van der Waals surface area contributed by atoms with Crippen LogP contribution in [-0.2, 0) is 6.54 Å². The van der Waals surface area contributed by atoms with Gasteiger partial charge in [0.15, 0.2) is 0 Å². The fourth-order valence-electron chi connectivity index (χ4n) is 2.57. The molecule has 1 saturated heterocycles. The van der Waals surface area contributed by atoms with Crippen LogP contribution in [0.2, 0.25) is 5.02 Å². The maximum absolute atomic E-state index is 13.0. The van der Waals surface area contributed by atoms with Crippen molar-refractivity contribution in [2.45, 2.75) is 19.4 Å². The van der Waals surface area contributed by atoms with E-state index in [1.54, 1.807) is 6.07 Å². The lowest BCUT2D eigenvalue weighted by atomic mass is 10.1. The zero-order chi connectivity index (χ0) is 13.9. The van der Waals surface area contributed by atoms with Gasteiger partial charge in [0, 0.05) is 18.3 Å². The predicted molar refractivity (Wildman–Crippen MR) is 79.2 cm³/mol. The fourth-order valence-corrected chi connectivity index (χ4v) is 2.84. The average molecular weight is 291 g/mol. The fraction of sp³-hybridized carbons (Fsp3) is 0.312. The Labute approximate surface area is 123 Å². The molecule has 0 atom stereocenters. The van der Waals surface area contributed by atoms with Gasteiger partial charge >= 0.3 is 0 Å². The van der Waals surface area contributed by atoms with Gasteiger partial charge in [-0.1, -0.05) is 17.7 Å². The molecule has 0 bridgehead atoms. The van der Waals surface area contributed by atoms with E-state index in [9.17, 15) is 4.39 Å². The van der Waals surface area contributed by atoms with Crippen LogP contribution >= 0.6 is 11.6 Å². The Morgan fingerprint density at radius 2 is 1.95 bits per heavy atom. The van der Waals surface area contributed by atoms with Crippen LogP contribution in [0.3, 0.4) is 0 Å². The summed E-state index contributed by atoms with van der Waals surface area (Å²) >= 11 is 6.05. The highest BCUT2D eigenvalue weighted by Gasteiger charge is 2.12. The molecular weight excluding hydrogens is 275 g/mol. The van der Waals surface area contributed by atoms with E-state index in [4.69, 9.17) is 11.6 Å². The van der Waals surface area contributed by atoms with E-state index in [0.29, 0.717) is 5.02 Å².